The number of hydrogen-bond donors (Lipinski definition) is 1. The van der Waals surface area contributed by atoms with Crippen molar-refractivity contribution in [2.24, 2.45) is 5.92 Å². The van der Waals surface area contributed by atoms with E-state index in [9.17, 15) is 4.79 Å². The summed E-state index contributed by atoms with van der Waals surface area (Å²) >= 11 is 2.91. The first-order valence-electron chi connectivity index (χ1n) is 9.63. The van der Waals surface area contributed by atoms with Crippen LogP contribution in [0.5, 0.6) is 0 Å². The fraction of sp³-hybridized carbons (Fsp3) is 0.500. The molecule has 1 unspecified atom stereocenters. The molecule has 4 heterocycles. The summed E-state index contributed by atoms with van der Waals surface area (Å²) in [5.41, 5.74) is 2.89. The molecule has 8 heteroatoms. The molecule has 1 aliphatic heterocycles. The third-order valence-electron chi connectivity index (χ3n) is 5.19. The van der Waals surface area contributed by atoms with Gasteiger partial charge >= 0.3 is 0 Å². The number of nitrogens with zero attached hydrogens (tertiary/aromatic N) is 4. The molecule has 3 aromatic rings. The van der Waals surface area contributed by atoms with E-state index < -0.39 is 0 Å². The molecule has 28 heavy (non-hydrogen) atoms. The molecule has 0 bridgehead atoms. The van der Waals surface area contributed by atoms with Gasteiger partial charge in [0.05, 0.1) is 10.6 Å². The summed E-state index contributed by atoms with van der Waals surface area (Å²) in [5.74, 6) is 1.36. The summed E-state index contributed by atoms with van der Waals surface area (Å²) in [7, 11) is 0. The topological polar surface area (TPSA) is 71.0 Å². The maximum Gasteiger partial charge on any atom is 0.267 e. The van der Waals surface area contributed by atoms with Gasteiger partial charge in [-0.2, -0.15) is 0 Å². The molecule has 6 nitrogen and oxygen atoms in total. The van der Waals surface area contributed by atoms with Crippen LogP contribution < -0.4 is 5.32 Å². The first kappa shape index (κ1) is 19.4. The molecule has 3 aromatic heterocycles. The largest absolute Gasteiger partial charge is 0.297 e. The predicted octanol–water partition coefficient (Wildman–Crippen LogP) is 4.56. The zero-order chi connectivity index (χ0) is 19.8. The highest BCUT2D eigenvalue weighted by Crippen LogP contribution is 2.32. The Hall–Kier alpha value is -1.90. The zero-order valence-electron chi connectivity index (χ0n) is 16.7. The molecule has 0 saturated carbocycles. The van der Waals surface area contributed by atoms with Gasteiger partial charge in [0, 0.05) is 29.5 Å². The van der Waals surface area contributed by atoms with Crippen molar-refractivity contribution < 1.29 is 4.79 Å². The van der Waals surface area contributed by atoms with Crippen LogP contribution in [0.3, 0.4) is 0 Å². The van der Waals surface area contributed by atoms with E-state index in [2.05, 4.69) is 32.1 Å². The van der Waals surface area contributed by atoms with Crippen molar-refractivity contribution in [3.05, 3.63) is 33.0 Å². The molecule has 4 rings (SSSR count). The van der Waals surface area contributed by atoms with Crippen molar-refractivity contribution in [1.82, 2.24) is 19.9 Å². The number of aryl methyl sites for hydroxylation is 3. The number of carbonyl (C=O) groups excluding carboxylic acids is 1. The number of likely N-dealkylation sites (tertiary alicyclic amines) is 1. The van der Waals surface area contributed by atoms with Gasteiger partial charge < -0.3 is 0 Å². The van der Waals surface area contributed by atoms with E-state index in [0.29, 0.717) is 10.0 Å². The number of fused-ring (bicyclic) bond motifs is 1. The summed E-state index contributed by atoms with van der Waals surface area (Å²) in [6.45, 7) is 11.2. The third kappa shape index (κ3) is 3.94. The minimum atomic E-state index is -0.120. The van der Waals surface area contributed by atoms with E-state index in [1.165, 1.54) is 35.5 Å². The van der Waals surface area contributed by atoms with Crippen LogP contribution in [0.25, 0.3) is 10.2 Å². The van der Waals surface area contributed by atoms with Crippen molar-refractivity contribution in [1.29, 1.82) is 0 Å². The summed E-state index contributed by atoms with van der Waals surface area (Å²) in [6, 6.07) is 0. The predicted molar refractivity (Wildman–Crippen MR) is 115 cm³/mol. The second-order valence-electron chi connectivity index (χ2n) is 7.67. The lowest BCUT2D eigenvalue weighted by molar-refractivity contribution is 0.103. The van der Waals surface area contributed by atoms with Crippen LogP contribution in [0.4, 0.5) is 5.13 Å². The summed E-state index contributed by atoms with van der Waals surface area (Å²) < 4.78 is 0. The molecule has 1 aliphatic rings. The third-order valence-corrected chi connectivity index (χ3v) is 7.18. The Balaban J connectivity index is 1.48. The Bertz CT molecular complexity index is 1030. The Morgan fingerprint density at radius 2 is 2.11 bits per heavy atom. The van der Waals surface area contributed by atoms with Crippen LogP contribution in [0.15, 0.2) is 5.38 Å². The van der Waals surface area contributed by atoms with E-state index in [-0.39, 0.29) is 5.91 Å². The number of carbonyl (C=O) groups is 1. The van der Waals surface area contributed by atoms with Gasteiger partial charge in [0.2, 0.25) is 0 Å². The normalized spacial score (nSPS) is 17.9. The quantitative estimate of drug-likeness (QED) is 0.676. The van der Waals surface area contributed by atoms with Crippen LogP contribution in [0.2, 0.25) is 0 Å². The highest BCUT2D eigenvalue weighted by molar-refractivity contribution is 7.21. The Kier molecular flexibility index (Phi) is 5.44. The average Bonchev–Trinajstić information content (AvgIpc) is 3.19. The van der Waals surface area contributed by atoms with E-state index in [4.69, 9.17) is 0 Å². The summed E-state index contributed by atoms with van der Waals surface area (Å²) in [4.78, 5) is 30.4. The molecule has 1 N–H and O–H groups in total. The SMILES string of the molecule is Cc1nc(C)c2c(C)c(C(=O)Nc3nc(CN4CCCC(C)C4)cs3)sc2n1. The number of anilines is 1. The summed E-state index contributed by atoms with van der Waals surface area (Å²) in [5, 5.41) is 6.66. The molecule has 148 valence electrons. The van der Waals surface area contributed by atoms with E-state index in [0.717, 1.165) is 58.5 Å². The molecule has 1 saturated heterocycles. The van der Waals surface area contributed by atoms with Crippen molar-refractivity contribution in [2.45, 2.75) is 47.1 Å². The lowest BCUT2D eigenvalue weighted by Crippen LogP contribution is -2.33. The molecule has 0 aliphatic carbocycles. The van der Waals surface area contributed by atoms with Gasteiger partial charge in [0.15, 0.2) is 5.13 Å². The van der Waals surface area contributed by atoms with Crippen LogP contribution in [-0.2, 0) is 6.54 Å². The highest BCUT2D eigenvalue weighted by atomic mass is 32.1. The minimum absolute atomic E-state index is 0.120. The van der Waals surface area contributed by atoms with Gasteiger partial charge in [-0.3, -0.25) is 15.0 Å². The van der Waals surface area contributed by atoms with Crippen LogP contribution >= 0.6 is 22.7 Å². The monoisotopic (exact) mass is 415 g/mol. The number of thiazole rings is 1. The van der Waals surface area contributed by atoms with Crippen LogP contribution in [-0.4, -0.2) is 38.8 Å². The van der Waals surface area contributed by atoms with Gasteiger partial charge in [0.1, 0.15) is 10.7 Å². The molecule has 1 fully saturated rings. The lowest BCUT2D eigenvalue weighted by atomic mass is 10.0. The standard InChI is InChI=1S/C20H25N5OS2/c1-11-6-5-7-25(8-11)9-15-10-27-20(23-15)24-18(26)17-12(2)16-13(3)21-14(4)22-19(16)28-17/h10-11H,5-9H2,1-4H3,(H,23,24,26). The maximum absolute atomic E-state index is 12.9. The number of nitrogens with one attached hydrogen (secondary N) is 1. The molecule has 0 aromatic carbocycles. The summed E-state index contributed by atoms with van der Waals surface area (Å²) in [6.07, 6.45) is 2.56. The van der Waals surface area contributed by atoms with Gasteiger partial charge in [-0.15, -0.1) is 22.7 Å². The Labute approximate surface area is 173 Å². The molecule has 1 atom stereocenters. The Morgan fingerprint density at radius 3 is 2.89 bits per heavy atom. The van der Waals surface area contributed by atoms with Crippen molar-refractivity contribution >= 4 is 43.9 Å². The second kappa shape index (κ2) is 7.85. The number of thiophene rings is 1. The fourth-order valence-electron chi connectivity index (χ4n) is 3.94. The zero-order valence-corrected chi connectivity index (χ0v) is 18.3. The molecule has 0 radical (unpaired) electrons. The van der Waals surface area contributed by atoms with Gasteiger partial charge in [0.25, 0.3) is 5.91 Å². The van der Waals surface area contributed by atoms with E-state index in [1.54, 1.807) is 0 Å². The smallest absolute Gasteiger partial charge is 0.267 e. The number of hydrogen-bond acceptors (Lipinski definition) is 7. The second-order valence-corrected chi connectivity index (χ2v) is 9.53. The molecule has 0 spiro atoms. The van der Waals surface area contributed by atoms with Crippen molar-refractivity contribution in [2.75, 3.05) is 18.4 Å². The number of amides is 1. The van der Waals surface area contributed by atoms with Crippen LogP contribution in [0.1, 0.15) is 52.2 Å². The van der Waals surface area contributed by atoms with E-state index >= 15 is 0 Å². The van der Waals surface area contributed by atoms with Crippen molar-refractivity contribution in [3.8, 4) is 0 Å². The number of piperidine rings is 1. The fourth-order valence-corrected chi connectivity index (χ4v) is 5.81. The lowest BCUT2D eigenvalue weighted by Gasteiger charge is -2.30. The minimum Gasteiger partial charge on any atom is -0.297 e. The maximum atomic E-state index is 12.9. The van der Waals surface area contributed by atoms with Gasteiger partial charge in [-0.1, -0.05) is 6.92 Å². The molecule has 1 amide bonds. The van der Waals surface area contributed by atoms with Gasteiger partial charge in [-0.05, 0) is 51.6 Å². The molecular formula is C20H25N5OS2. The number of rotatable bonds is 4. The average molecular weight is 416 g/mol. The Morgan fingerprint density at radius 1 is 1.29 bits per heavy atom. The first-order valence-corrected chi connectivity index (χ1v) is 11.3. The van der Waals surface area contributed by atoms with Gasteiger partial charge in [-0.25, -0.2) is 15.0 Å². The highest BCUT2D eigenvalue weighted by Gasteiger charge is 2.21. The van der Waals surface area contributed by atoms with Crippen molar-refractivity contribution in [3.63, 3.8) is 0 Å². The first-order chi connectivity index (χ1) is 13.4. The molecular weight excluding hydrogens is 390 g/mol. The van der Waals surface area contributed by atoms with Crippen LogP contribution in [0, 0.1) is 26.7 Å². The number of aromatic nitrogens is 3. The van der Waals surface area contributed by atoms with E-state index in [1.807, 2.05) is 26.2 Å².